The highest BCUT2D eigenvalue weighted by molar-refractivity contribution is 8.14. The minimum absolute atomic E-state index is 0.0528. The molecule has 1 atom stereocenters. The third kappa shape index (κ3) is 3.06. The Morgan fingerprint density at radius 2 is 2.09 bits per heavy atom. The average molecular weight is 333 g/mol. The number of hydrogen-bond acceptors (Lipinski definition) is 5. The van der Waals surface area contributed by atoms with E-state index in [0.717, 1.165) is 17.4 Å². The Morgan fingerprint density at radius 3 is 2.74 bits per heavy atom. The second-order valence-electron chi connectivity index (χ2n) is 5.96. The highest BCUT2D eigenvalue weighted by Gasteiger charge is 2.40. The molecule has 0 radical (unpaired) electrons. The van der Waals surface area contributed by atoms with Gasteiger partial charge in [-0.05, 0) is 24.6 Å². The van der Waals surface area contributed by atoms with Crippen LogP contribution >= 0.6 is 11.8 Å². The highest BCUT2D eigenvalue weighted by Crippen LogP contribution is 2.27. The lowest BCUT2D eigenvalue weighted by Gasteiger charge is -2.22. The maximum absolute atomic E-state index is 12.7. The number of hydrogen-bond donors (Lipinski definition) is 0. The van der Waals surface area contributed by atoms with Gasteiger partial charge >= 0.3 is 0 Å². The third-order valence-electron chi connectivity index (χ3n) is 4.21. The Labute approximate surface area is 139 Å². The number of thioether (sulfide) groups is 1. The van der Waals surface area contributed by atoms with Crippen LogP contribution in [0, 0.1) is 0 Å². The summed E-state index contributed by atoms with van der Waals surface area (Å²) in [7, 11) is 3.86. The Hall–Kier alpha value is -2.02. The van der Waals surface area contributed by atoms with Crippen LogP contribution in [0.5, 0.6) is 0 Å². The molecule has 1 aromatic carbocycles. The molecule has 0 saturated carbocycles. The molecule has 0 N–H and O–H groups in total. The molecule has 122 valence electrons. The first-order valence-corrected chi connectivity index (χ1v) is 8.51. The lowest BCUT2D eigenvalue weighted by atomic mass is 10.1. The van der Waals surface area contributed by atoms with Gasteiger partial charge in [-0.25, -0.2) is 0 Å². The fourth-order valence-corrected chi connectivity index (χ4v) is 3.73. The summed E-state index contributed by atoms with van der Waals surface area (Å²) in [6, 6.07) is 7.27. The molecule has 0 bridgehead atoms. The van der Waals surface area contributed by atoms with Gasteiger partial charge in [0.15, 0.2) is 0 Å². The van der Waals surface area contributed by atoms with Crippen LogP contribution in [0.3, 0.4) is 0 Å². The molecule has 1 unspecified atom stereocenters. The van der Waals surface area contributed by atoms with Crippen LogP contribution in [0.2, 0.25) is 0 Å². The number of nitrogens with zero attached hydrogens (tertiary/aromatic N) is 3. The summed E-state index contributed by atoms with van der Waals surface area (Å²) in [6.07, 6.45) is 0.650. The zero-order valence-corrected chi connectivity index (χ0v) is 14.0. The molecular weight excluding hydrogens is 314 g/mol. The topological polar surface area (TPSA) is 60.9 Å². The van der Waals surface area contributed by atoms with Gasteiger partial charge in [0.1, 0.15) is 0 Å². The molecule has 7 heteroatoms. The summed E-state index contributed by atoms with van der Waals surface area (Å²) < 4.78 is 0. The van der Waals surface area contributed by atoms with Gasteiger partial charge in [-0.3, -0.25) is 19.3 Å². The van der Waals surface area contributed by atoms with Crippen molar-refractivity contribution < 1.29 is 14.4 Å². The van der Waals surface area contributed by atoms with Gasteiger partial charge in [-0.1, -0.05) is 17.8 Å². The van der Waals surface area contributed by atoms with Gasteiger partial charge < -0.3 is 9.80 Å². The molecule has 23 heavy (non-hydrogen) atoms. The second kappa shape index (κ2) is 6.23. The maximum atomic E-state index is 12.7. The number of likely N-dealkylation sites (tertiary alicyclic amines) is 1. The van der Waals surface area contributed by atoms with E-state index in [2.05, 4.69) is 0 Å². The van der Waals surface area contributed by atoms with Crippen LogP contribution in [0.4, 0.5) is 10.5 Å². The van der Waals surface area contributed by atoms with Crippen LogP contribution < -0.4 is 4.90 Å². The first-order chi connectivity index (χ1) is 11.0. The van der Waals surface area contributed by atoms with Crippen molar-refractivity contribution >= 4 is 34.5 Å². The third-order valence-corrected chi connectivity index (χ3v) is 5.04. The number of anilines is 1. The van der Waals surface area contributed by atoms with E-state index < -0.39 is 0 Å². The number of imide groups is 1. The van der Waals surface area contributed by atoms with Crippen LogP contribution in [0.15, 0.2) is 24.3 Å². The van der Waals surface area contributed by atoms with Crippen molar-refractivity contribution in [1.82, 2.24) is 9.80 Å². The predicted molar refractivity (Wildman–Crippen MR) is 89.8 cm³/mol. The largest absolute Gasteiger partial charge is 0.378 e. The zero-order valence-electron chi connectivity index (χ0n) is 13.2. The molecular formula is C16H19N3O3S. The molecule has 3 amide bonds. The molecule has 0 spiro atoms. The van der Waals surface area contributed by atoms with Crippen LogP contribution in [0.25, 0.3) is 0 Å². The van der Waals surface area contributed by atoms with Crippen molar-refractivity contribution in [1.29, 1.82) is 0 Å². The monoisotopic (exact) mass is 333 g/mol. The van der Waals surface area contributed by atoms with E-state index in [1.54, 1.807) is 11.0 Å². The van der Waals surface area contributed by atoms with E-state index in [1.165, 1.54) is 4.90 Å². The predicted octanol–water partition coefficient (Wildman–Crippen LogP) is 1.66. The number of carbonyl (C=O) groups excluding carboxylic acids is 3. The average Bonchev–Trinajstić information content (AvgIpc) is 3.13. The van der Waals surface area contributed by atoms with Gasteiger partial charge in [0.2, 0.25) is 5.91 Å². The molecule has 2 fully saturated rings. The number of benzene rings is 1. The smallest absolute Gasteiger partial charge is 0.289 e. The SMILES string of the molecule is CN(C)c1cccc(C(=O)N2CCC(N3C(=O)CSC3=O)C2)c1. The molecule has 6 nitrogen and oxygen atoms in total. The van der Waals surface area contributed by atoms with Crippen molar-refractivity contribution in [2.75, 3.05) is 37.8 Å². The van der Waals surface area contributed by atoms with Gasteiger partial charge in [-0.15, -0.1) is 0 Å². The van der Waals surface area contributed by atoms with E-state index >= 15 is 0 Å². The zero-order chi connectivity index (χ0) is 16.6. The molecule has 2 saturated heterocycles. The summed E-state index contributed by atoms with van der Waals surface area (Å²) in [6.45, 7) is 0.987. The van der Waals surface area contributed by atoms with Crippen molar-refractivity contribution in [2.24, 2.45) is 0 Å². The Kier molecular flexibility index (Phi) is 4.30. The van der Waals surface area contributed by atoms with Crippen molar-refractivity contribution in [2.45, 2.75) is 12.5 Å². The minimum Gasteiger partial charge on any atom is -0.378 e. The summed E-state index contributed by atoms with van der Waals surface area (Å²) in [4.78, 5) is 41.3. The molecule has 2 aliphatic heterocycles. The van der Waals surface area contributed by atoms with E-state index in [4.69, 9.17) is 0 Å². The van der Waals surface area contributed by atoms with Crippen molar-refractivity contribution in [3.8, 4) is 0 Å². The highest BCUT2D eigenvalue weighted by atomic mass is 32.2. The first-order valence-electron chi connectivity index (χ1n) is 7.53. The molecule has 3 rings (SSSR count). The number of rotatable bonds is 3. The number of carbonyl (C=O) groups is 3. The Bertz CT molecular complexity index is 646. The summed E-state index contributed by atoms with van der Waals surface area (Å²) >= 11 is 1.04. The molecule has 2 aliphatic rings. The summed E-state index contributed by atoms with van der Waals surface area (Å²) in [5, 5.41) is -0.191. The van der Waals surface area contributed by atoms with Crippen LogP contribution in [-0.2, 0) is 4.79 Å². The Balaban J connectivity index is 1.71. The van der Waals surface area contributed by atoms with E-state index in [0.29, 0.717) is 25.1 Å². The molecule has 2 heterocycles. The van der Waals surface area contributed by atoms with Crippen LogP contribution in [-0.4, -0.2) is 65.8 Å². The lowest BCUT2D eigenvalue weighted by molar-refractivity contribution is -0.126. The lowest BCUT2D eigenvalue weighted by Crippen LogP contribution is -2.41. The van der Waals surface area contributed by atoms with Crippen LogP contribution in [0.1, 0.15) is 16.8 Å². The second-order valence-corrected chi connectivity index (χ2v) is 6.88. The standard InChI is InChI=1S/C16H19N3O3S/c1-17(2)12-5-3-4-11(8-12)15(21)18-7-6-13(9-18)19-14(20)10-23-16(19)22/h3-5,8,13H,6-7,9-10H2,1-2H3. The van der Waals surface area contributed by atoms with Gasteiger partial charge in [0.25, 0.3) is 11.1 Å². The number of amides is 3. The minimum atomic E-state index is -0.191. The maximum Gasteiger partial charge on any atom is 0.289 e. The molecule has 1 aromatic rings. The quantitative estimate of drug-likeness (QED) is 0.842. The fourth-order valence-electron chi connectivity index (χ4n) is 2.95. The Morgan fingerprint density at radius 1 is 1.30 bits per heavy atom. The fraction of sp³-hybridized carbons (Fsp3) is 0.438. The first kappa shape index (κ1) is 15.9. The van der Waals surface area contributed by atoms with Gasteiger partial charge in [0, 0.05) is 38.4 Å². The van der Waals surface area contributed by atoms with Crippen molar-refractivity contribution in [3.05, 3.63) is 29.8 Å². The summed E-state index contributed by atoms with van der Waals surface area (Å²) in [5.74, 6) is 0.0191. The summed E-state index contributed by atoms with van der Waals surface area (Å²) in [5.41, 5.74) is 1.60. The van der Waals surface area contributed by atoms with E-state index in [1.807, 2.05) is 37.2 Å². The molecule has 0 aromatic heterocycles. The van der Waals surface area contributed by atoms with E-state index in [-0.39, 0.29) is 28.8 Å². The van der Waals surface area contributed by atoms with E-state index in [9.17, 15) is 14.4 Å². The van der Waals surface area contributed by atoms with Gasteiger partial charge in [0.05, 0.1) is 11.8 Å². The molecule has 0 aliphatic carbocycles. The normalized spacial score (nSPS) is 21.2. The van der Waals surface area contributed by atoms with Crippen molar-refractivity contribution in [3.63, 3.8) is 0 Å². The van der Waals surface area contributed by atoms with Gasteiger partial charge in [-0.2, -0.15) is 0 Å².